The number of pyridine rings is 1. The largest absolute Gasteiger partial charge is 0.341 e. The fraction of sp³-hybridized carbons (Fsp3) is 0.429. The van der Waals surface area contributed by atoms with Crippen LogP contribution in [0, 0.1) is 34.6 Å². The lowest BCUT2D eigenvalue weighted by Crippen LogP contribution is -2.32. The zero-order chi connectivity index (χ0) is 21.1. The second-order valence-corrected chi connectivity index (χ2v) is 8.91. The van der Waals surface area contributed by atoms with Gasteiger partial charge in [-0.2, -0.15) is 0 Å². The number of aromatic nitrogens is 1. The molecule has 28 heavy (non-hydrogen) atoms. The number of benzene rings is 1. The third-order valence-electron chi connectivity index (χ3n) is 5.43. The standard InChI is InChI=1S/C21H29N3O3S/c1-14-15(2)17(4)21(18(5)16(14)3)28(26,27)23-12-9-20(25)24(6)13-19-7-10-22-11-8-19/h7-8,10-11,23H,9,12-13H2,1-6H3. The number of sulfonamides is 1. The summed E-state index contributed by atoms with van der Waals surface area (Å²) in [5, 5.41) is 0. The van der Waals surface area contributed by atoms with Gasteiger partial charge in [0.25, 0.3) is 0 Å². The summed E-state index contributed by atoms with van der Waals surface area (Å²) >= 11 is 0. The Labute approximate surface area is 168 Å². The number of rotatable bonds is 7. The molecule has 1 aromatic carbocycles. The second kappa shape index (κ2) is 8.84. The van der Waals surface area contributed by atoms with Gasteiger partial charge in [-0.15, -0.1) is 0 Å². The summed E-state index contributed by atoms with van der Waals surface area (Å²) in [6.45, 7) is 10.1. The molecule has 0 bridgehead atoms. The molecular weight excluding hydrogens is 374 g/mol. The van der Waals surface area contributed by atoms with Crippen LogP contribution in [0.25, 0.3) is 0 Å². The molecule has 0 atom stereocenters. The maximum atomic E-state index is 12.9. The van der Waals surface area contributed by atoms with Crippen LogP contribution < -0.4 is 4.72 Å². The van der Waals surface area contributed by atoms with Gasteiger partial charge in [-0.25, -0.2) is 13.1 Å². The summed E-state index contributed by atoms with van der Waals surface area (Å²) in [7, 11) is -1.99. The maximum absolute atomic E-state index is 12.9. The maximum Gasteiger partial charge on any atom is 0.241 e. The molecule has 7 heteroatoms. The molecule has 1 amide bonds. The van der Waals surface area contributed by atoms with Gasteiger partial charge in [0, 0.05) is 39.0 Å². The Balaban J connectivity index is 2.05. The minimum absolute atomic E-state index is 0.0622. The summed E-state index contributed by atoms with van der Waals surface area (Å²) in [6.07, 6.45) is 3.46. The van der Waals surface area contributed by atoms with Gasteiger partial charge in [0.1, 0.15) is 0 Å². The zero-order valence-electron chi connectivity index (χ0n) is 17.5. The van der Waals surface area contributed by atoms with Gasteiger partial charge in [-0.3, -0.25) is 9.78 Å². The topological polar surface area (TPSA) is 79.4 Å². The van der Waals surface area contributed by atoms with E-state index in [0.717, 1.165) is 33.4 Å². The molecule has 0 fully saturated rings. The van der Waals surface area contributed by atoms with E-state index in [-0.39, 0.29) is 18.9 Å². The fourth-order valence-electron chi connectivity index (χ4n) is 3.27. The molecule has 1 aromatic heterocycles. The Morgan fingerprint density at radius 2 is 1.46 bits per heavy atom. The summed E-state index contributed by atoms with van der Waals surface area (Å²) < 4.78 is 28.4. The van der Waals surface area contributed by atoms with Crippen molar-refractivity contribution in [3.05, 3.63) is 57.9 Å². The van der Waals surface area contributed by atoms with Crippen LogP contribution in [0.5, 0.6) is 0 Å². The molecule has 0 radical (unpaired) electrons. The lowest BCUT2D eigenvalue weighted by atomic mass is 9.95. The van der Waals surface area contributed by atoms with Crippen molar-refractivity contribution in [1.29, 1.82) is 0 Å². The summed E-state index contributed by atoms with van der Waals surface area (Å²) in [5.74, 6) is -0.121. The molecule has 6 nitrogen and oxygen atoms in total. The smallest absolute Gasteiger partial charge is 0.241 e. The van der Waals surface area contributed by atoms with Crippen LogP contribution in [0.3, 0.4) is 0 Å². The molecule has 0 unspecified atom stereocenters. The van der Waals surface area contributed by atoms with E-state index >= 15 is 0 Å². The molecular formula is C21H29N3O3S. The highest BCUT2D eigenvalue weighted by molar-refractivity contribution is 7.89. The van der Waals surface area contributed by atoms with E-state index in [2.05, 4.69) is 9.71 Å². The van der Waals surface area contributed by atoms with Crippen LogP contribution in [0.15, 0.2) is 29.4 Å². The highest BCUT2D eigenvalue weighted by Gasteiger charge is 2.23. The molecule has 0 saturated heterocycles. The van der Waals surface area contributed by atoms with E-state index in [4.69, 9.17) is 0 Å². The number of amides is 1. The lowest BCUT2D eigenvalue weighted by Gasteiger charge is -2.20. The van der Waals surface area contributed by atoms with Crippen LogP contribution in [-0.4, -0.2) is 37.8 Å². The van der Waals surface area contributed by atoms with Crippen molar-refractivity contribution in [1.82, 2.24) is 14.6 Å². The Kier molecular flexibility index (Phi) is 6.96. The molecule has 152 valence electrons. The van der Waals surface area contributed by atoms with Crippen LogP contribution in [0.1, 0.15) is 39.8 Å². The summed E-state index contributed by atoms with van der Waals surface area (Å²) in [4.78, 5) is 18.2. The van der Waals surface area contributed by atoms with Crippen molar-refractivity contribution in [2.45, 2.75) is 52.5 Å². The number of nitrogens with one attached hydrogen (secondary N) is 1. The highest BCUT2D eigenvalue weighted by atomic mass is 32.2. The number of carbonyl (C=O) groups excluding carboxylic acids is 1. The Morgan fingerprint density at radius 1 is 0.964 bits per heavy atom. The van der Waals surface area contributed by atoms with Gasteiger partial charge in [-0.1, -0.05) is 0 Å². The molecule has 2 rings (SSSR count). The first-order valence-corrected chi connectivity index (χ1v) is 10.7. The van der Waals surface area contributed by atoms with Gasteiger partial charge in [0.05, 0.1) is 4.90 Å². The third kappa shape index (κ3) is 4.77. The van der Waals surface area contributed by atoms with E-state index in [1.807, 2.05) is 46.8 Å². The average molecular weight is 404 g/mol. The minimum Gasteiger partial charge on any atom is -0.341 e. The predicted octanol–water partition coefficient (Wildman–Crippen LogP) is 2.95. The molecule has 0 spiro atoms. The van der Waals surface area contributed by atoms with Crippen molar-refractivity contribution in [3.8, 4) is 0 Å². The lowest BCUT2D eigenvalue weighted by molar-refractivity contribution is -0.130. The van der Waals surface area contributed by atoms with E-state index in [9.17, 15) is 13.2 Å². The van der Waals surface area contributed by atoms with E-state index in [1.165, 1.54) is 0 Å². The van der Waals surface area contributed by atoms with Gasteiger partial charge in [-0.05, 0) is 80.1 Å². The van der Waals surface area contributed by atoms with Gasteiger partial charge in [0.2, 0.25) is 15.9 Å². The SMILES string of the molecule is Cc1c(C)c(C)c(S(=O)(=O)NCCC(=O)N(C)Cc2ccncc2)c(C)c1C. The Hall–Kier alpha value is -2.25. The minimum atomic E-state index is -3.69. The van der Waals surface area contributed by atoms with E-state index in [1.54, 1.807) is 24.3 Å². The monoisotopic (exact) mass is 403 g/mol. The quantitative estimate of drug-likeness (QED) is 0.771. The highest BCUT2D eigenvalue weighted by Crippen LogP contribution is 2.29. The molecule has 2 aromatic rings. The Morgan fingerprint density at radius 3 is 2.00 bits per heavy atom. The van der Waals surface area contributed by atoms with E-state index < -0.39 is 10.0 Å². The zero-order valence-corrected chi connectivity index (χ0v) is 18.3. The molecule has 0 aliphatic carbocycles. The molecule has 1 heterocycles. The molecule has 0 saturated carbocycles. The van der Waals surface area contributed by atoms with Crippen LogP contribution in [0.4, 0.5) is 0 Å². The van der Waals surface area contributed by atoms with Crippen LogP contribution in [0.2, 0.25) is 0 Å². The number of hydrogen-bond donors (Lipinski definition) is 1. The number of nitrogens with zero attached hydrogens (tertiary/aromatic N) is 2. The Bertz CT molecular complexity index is 941. The van der Waals surface area contributed by atoms with Crippen molar-refractivity contribution in [2.75, 3.05) is 13.6 Å². The molecule has 0 aliphatic heterocycles. The number of carbonyl (C=O) groups is 1. The van der Waals surface area contributed by atoms with Crippen LogP contribution >= 0.6 is 0 Å². The number of hydrogen-bond acceptors (Lipinski definition) is 4. The second-order valence-electron chi connectivity index (χ2n) is 7.21. The van der Waals surface area contributed by atoms with Crippen molar-refractivity contribution in [2.24, 2.45) is 0 Å². The molecule has 1 N–H and O–H groups in total. The van der Waals surface area contributed by atoms with Gasteiger partial charge in [0.15, 0.2) is 0 Å². The summed E-state index contributed by atoms with van der Waals surface area (Å²) in [5.41, 5.74) is 5.57. The van der Waals surface area contributed by atoms with E-state index in [0.29, 0.717) is 11.4 Å². The third-order valence-corrected chi connectivity index (χ3v) is 7.16. The van der Waals surface area contributed by atoms with Gasteiger partial charge < -0.3 is 4.90 Å². The first kappa shape index (κ1) is 22.0. The predicted molar refractivity (Wildman–Crippen MR) is 111 cm³/mol. The average Bonchev–Trinajstić information content (AvgIpc) is 2.65. The first-order chi connectivity index (χ1) is 13.1. The molecule has 0 aliphatic rings. The van der Waals surface area contributed by atoms with Crippen molar-refractivity contribution < 1.29 is 13.2 Å². The fourth-order valence-corrected chi connectivity index (χ4v) is 4.90. The van der Waals surface area contributed by atoms with Crippen LogP contribution in [-0.2, 0) is 21.4 Å². The van der Waals surface area contributed by atoms with Crippen molar-refractivity contribution in [3.63, 3.8) is 0 Å². The van der Waals surface area contributed by atoms with Crippen molar-refractivity contribution >= 4 is 15.9 Å². The van der Waals surface area contributed by atoms with Gasteiger partial charge >= 0.3 is 0 Å². The normalized spacial score (nSPS) is 11.5. The summed E-state index contributed by atoms with van der Waals surface area (Å²) in [6, 6.07) is 3.69. The first-order valence-electron chi connectivity index (χ1n) is 9.25.